The van der Waals surface area contributed by atoms with E-state index in [-0.39, 0.29) is 0 Å². The monoisotopic (exact) mass is 269 g/mol. The second-order valence-corrected chi connectivity index (χ2v) is 5.98. The van der Waals surface area contributed by atoms with E-state index in [0.717, 1.165) is 13.1 Å². The Bertz CT molecular complexity index is 573. The minimum Gasteiger partial charge on any atom is -0.337 e. The van der Waals surface area contributed by atoms with Gasteiger partial charge in [0.25, 0.3) is 0 Å². The standard InChI is InChI=1S/C17H23N3/c1-14-5-3-6-15(9-14)16-7-4-8-20(11-16)12-17-10-18-13-19(17)2/h3,5-6,9-10,13,16H,4,7-8,11-12H2,1-2H3/t16-/m1/s1. The summed E-state index contributed by atoms with van der Waals surface area (Å²) < 4.78 is 2.12. The smallest absolute Gasteiger partial charge is 0.0945 e. The highest BCUT2D eigenvalue weighted by atomic mass is 15.2. The molecule has 0 bridgehead atoms. The maximum Gasteiger partial charge on any atom is 0.0945 e. The predicted octanol–water partition coefficient (Wildman–Crippen LogP) is 3.11. The molecule has 1 saturated heterocycles. The average molecular weight is 269 g/mol. The van der Waals surface area contributed by atoms with Crippen LogP contribution in [0, 0.1) is 6.92 Å². The summed E-state index contributed by atoms with van der Waals surface area (Å²) in [7, 11) is 2.07. The zero-order valence-corrected chi connectivity index (χ0v) is 12.4. The number of piperidine rings is 1. The molecule has 0 unspecified atom stereocenters. The van der Waals surface area contributed by atoms with Crippen molar-refractivity contribution < 1.29 is 0 Å². The van der Waals surface area contributed by atoms with E-state index in [1.165, 1.54) is 36.2 Å². The Kier molecular flexibility index (Phi) is 3.88. The van der Waals surface area contributed by atoms with Gasteiger partial charge in [-0.3, -0.25) is 4.90 Å². The SMILES string of the molecule is Cc1cccc([C@@H]2CCCN(Cc3cncn3C)C2)c1. The van der Waals surface area contributed by atoms with Gasteiger partial charge < -0.3 is 4.57 Å². The molecule has 3 nitrogen and oxygen atoms in total. The number of rotatable bonds is 3. The maximum absolute atomic E-state index is 4.21. The highest BCUT2D eigenvalue weighted by Crippen LogP contribution is 2.28. The van der Waals surface area contributed by atoms with Gasteiger partial charge in [-0.2, -0.15) is 0 Å². The largest absolute Gasteiger partial charge is 0.337 e. The molecule has 1 aliphatic heterocycles. The lowest BCUT2D eigenvalue weighted by Crippen LogP contribution is -2.34. The zero-order valence-electron chi connectivity index (χ0n) is 12.4. The van der Waals surface area contributed by atoms with Crippen LogP contribution in [0.3, 0.4) is 0 Å². The van der Waals surface area contributed by atoms with E-state index >= 15 is 0 Å². The fraction of sp³-hybridized carbons (Fsp3) is 0.471. The van der Waals surface area contributed by atoms with Crippen LogP contribution in [-0.2, 0) is 13.6 Å². The van der Waals surface area contributed by atoms with Crippen molar-refractivity contribution >= 4 is 0 Å². The van der Waals surface area contributed by atoms with Crippen molar-refractivity contribution in [2.75, 3.05) is 13.1 Å². The average Bonchev–Trinajstić information content (AvgIpc) is 2.85. The molecule has 1 aromatic heterocycles. The Morgan fingerprint density at radius 2 is 2.25 bits per heavy atom. The molecule has 0 radical (unpaired) electrons. The van der Waals surface area contributed by atoms with Crippen LogP contribution in [0.2, 0.25) is 0 Å². The van der Waals surface area contributed by atoms with Gasteiger partial charge in [0, 0.05) is 26.3 Å². The van der Waals surface area contributed by atoms with Crippen molar-refractivity contribution in [3.8, 4) is 0 Å². The summed E-state index contributed by atoms with van der Waals surface area (Å²) in [4.78, 5) is 6.78. The summed E-state index contributed by atoms with van der Waals surface area (Å²) in [6.45, 7) is 5.56. The van der Waals surface area contributed by atoms with E-state index in [4.69, 9.17) is 0 Å². The molecule has 0 N–H and O–H groups in total. The molecule has 1 atom stereocenters. The third-order valence-electron chi connectivity index (χ3n) is 4.32. The Balaban J connectivity index is 1.69. The molecule has 0 aliphatic carbocycles. The second-order valence-electron chi connectivity index (χ2n) is 5.98. The summed E-state index contributed by atoms with van der Waals surface area (Å²) in [6.07, 6.45) is 6.47. The summed E-state index contributed by atoms with van der Waals surface area (Å²) in [5.74, 6) is 0.678. The third kappa shape index (κ3) is 2.93. The van der Waals surface area contributed by atoms with Gasteiger partial charge in [0.05, 0.1) is 12.0 Å². The van der Waals surface area contributed by atoms with Crippen LogP contribution in [0.15, 0.2) is 36.8 Å². The highest BCUT2D eigenvalue weighted by Gasteiger charge is 2.21. The Labute approximate surface area is 121 Å². The molecule has 0 saturated carbocycles. The minimum absolute atomic E-state index is 0.678. The molecule has 0 amide bonds. The number of likely N-dealkylation sites (tertiary alicyclic amines) is 1. The molecule has 2 heterocycles. The normalized spacial score (nSPS) is 20.2. The second kappa shape index (κ2) is 5.80. The summed E-state index contributed by atoms with van der Waals surface area (Å²) in [5, 5.41) is 0. The molecule has 2 aromatic rings. The van der Waals surface area contributed by atoms with Crippen LogP contribution >= 0.6 is 0 Å². The fourth-order valence-corrected chi connectivity index (χ4v) is 3.16. The Hall–Kier alpha value is -1.61. The zero-order chi connectivity index (χ0) is 13.9. The Morgan fingerprint density at radius 1 is 1.35 bits per heavy atom. The molecule has 1 aromatic carbocycles. The number of benzene rings is 1. The highest BCUT2D eigenvalue weighted by molar-refractivity contribution is 5.26. The Morgan fingerprint density at radius 3 is 3.00 bits per heavy atom. The van der Waals surface area contributed by atoms with Gasteiger partial charge in [-0.05, 0) is 37.8 Å². The van der Waals surface area contributed by atoms with E-state index in [1.807, 2.05) is 12.5 Å². The number of hydrogen-bond donors (Lipinski definition) is 0. The van der Waals surface area contributed by atoms with Crippen molar-refractivity contribution in [2.24, 2.45) is 7.05 Å². The number of hydrogen-bond acceptors (Lipinski definition) is 2. The number of nitrogens with zero attached hydrogens (tertiary/aromatic N) is 3. The minimum atomic E-state index is 0.678. The molecule has 3 rings (SSSR count). The molecule has 1 aliphatic rings. The first-order valence-electron chi connectivity index (χ1n) is 7.46. The first-order chi connectivity index (χ1) is 9.72. The van der Waals surface area contributed by atoms with E-state index in [1.54, 1.807) is 0 Å². The van der Waals surface area contributed by atoms with E-state index < -0.39 is 0 Å². The van der Waals surface area contributed by atoms with Gasteiger partial charge in [0.2, 0.25) is 0 Å². The van der Waals surface area contributed by atoms with Gasteiger partial charge in [0.15, 0.2) is 0 Å². The maximum atomic E-state index is 4.21. The van der Waals surface area contributed by atoms with Gasteiger partial charge >= 0.3 is 0 Å². The van der Waals surface area contributed by atoms with Crippen LogP contribution in [-0.4, -0.2) is 27.5 Å². The fourth-order valence-electron chi connectivity index (χ4n) is 3.16. The summed E-state index contributed by atoms with van der Waals surface area (Å²) in [6, 6.07) is 8.99. The summed E-state index contributed by atoms with van der Waals surface area (Å²) >= 11 is 0. The molecule has 0 spiro atoms. The lowest BCUT2D eigenvalue weighted by atomic mass is 9.90. The van der Waals surface area contributed by atoms with Crippen LogP contribution in [0.25, 0.3) is 0 Å². The van der Waals surface area contributed by atoms with Crippen molar-refractivity contribution in [2.45, 2.75) is 32.2 Å². The van der Waals surface area contributed by atoms with Crippen molar-refractivity contribution in [1.29, 1.82) is 0 Å². The van der Waals surface area contributed by atoms with E-state index in [2.05, 4.69) is 52.7 Å². The van der Waals surface area contributed by atoms with Gasteiger partial charge in [-0.15, -0.1) is 0 Å². The number of aryl methyl sites for hydroxylation is 2. The van der Waals surface area contributed by atoms with Gasteiger partial charge in [-0.25, -0.2) is 4.98 Å². The lowest BCUT2D eigenvalue weighted by molar-refractivity contribution is 0.196. The molecular formula is C17H23N3. The van der Waals surface area contributed by atoms with E-state index in [0.29, 0.717) is 5.92 Å². The van der Waals surface area contributed by atoms with Crippen LogP contribution in [0.5, 0.6) is 0 Å². The number of imidazole rings is 1. The van der Waals surface area contributed by atoms with Gasteiger partial charge in [-0.1, -0.05) is 29.8 Å². The van der Waals surface area contributed by atoms with Gasteiger partial charge in [0.1, 0.15) is 0 Å². The molecule has 20 heavy (non-hydrogen) atoms. The molecular weight excluding hydrogens is 246 g/mol. The predicted molar refractivity (Wildman–Crippen MR) is 81.6 cm³/mol. The summed E-state index contributed by atoms with van der Waals surface area (Å²) in [5.41, 5.74) is 4.17. The molecule has 106 valence electrons. The first kappa shape index (κ1) is 13.4. The van der Waals surface area contributed by atoms with Crippen LogP contribution < -0.4 is 0 Å². The first-order valence-corrected chi connectivity index (χ1v) is 7.46. The van der Waals surface area contributed by atoms with Crippen molar-refractivity contribution in [3.05, 3.63) is 53.6 Å². The van der Waals surface area contributed by atoms with Crippen molar-refractivity contribution in [1.82, 2.24) is 14.5 Å². The molecule has 3 heteroatoms. The topological polar surface area (TPSA) is 21.1 Å². The lowest BCUT2D eigenvalue weighted by Gasteiger charge is -2.33. The van der Waals surface area contributed by atoms with Crippen LogP contribution in [0.1, 0.15) is 35.6 Å². The van der Waals surface area contributed by atoms with E-state index in [9.17, 15) is 0 Å². The quantitative estimate of drug-likeness (QED) is 0.853. The van der Waals surface area contributed by atoms with Crippen LogP contribution in [0.4, 0.5) is 0 Å². The third-order valence-corrected chi connectivity index (χ3v) is 4.32. The van der Waals surface area contributed by atoms with Crippen molar-refractivity contribution in [3.63, 3.8) is 0 Å². The number of aromatic nitrogens is 2. The molecule has 1 fully saturated rings.